The van der Waals surface area contributed by atoms with Crippen LogP contribution in [-0.2, 0) is 4.74 Å². The second-order valence-corrected chi connectivity index (χ2v) is 5.98. The molecule has 0 aliphatic heterocycles. The van der Waals surface area contributed by atoms with Crippen LogP contribution >= 0.6 is 0 Å². The fraction of sp³-hybridized carbons (Fsp3) is 0.304. The first-order chi connectivity index (χ1) is 12.5. The molecule has 0 heterocycles. The second-order valence-electron chi connectivity index (χ2n) is 5.98. The van der Waals surface area contributed by atoms with Crippen LogP contribution in [0.15, 0.2) is 84.3 Å². The first kappa shape index (κ1) is 21.4. The molecule has 0 saturated carbocycles. The summed E-state index contributed by atoms with van der Waals surface area (Å²) in [6, 6.07) is 8.17. The number of allylic oxidation sites excluding steroid dienone is 7. The summed E-state index contributed by atoms with van der Waals surface area (Å²) in [6.07, 6.45) is 12.2. The van der Waals surface area contributed by atoms with E-state index in [0.29, 0.717) is 0 Å². The highest BCUT2D eigenvalue weighted by molar-refractivity contribution is 5.58. The highest BCUT2D eigenvalue weighted by Gasteiger charge is 2.15. The average molecular weight is 354 g/mol. The van der Waals surface area contributed by atoms with E-state index in [0.717, 1.165) is 22.9 Å². The van der Waals surface area contributed by atoms with Crippen molar-refractivity contribution in [2.45, 2.75) is 33.7 Å². The van der Waals surface area contributed by atoms with Gasteiger partial charge in [0.15, 0.2) is 0 Å². The SMILES string of the molecule is C=C/C(=C\C=C(/C)OC)N(c1ccc(OC)cc1)C(C)/C=C\C(C)=C/C. The zero-order valence-corrected chi connectivity index (χ0v) is 16.8. The third kappa shape index (κ3) is 6.32. The van der Waals surface area contributed by atoms with Gasteiger partial charge in [0.1, 0.15) is 5.75 Å². The number of methoxy groups -OCH3 is 2. The van der Waals surface area contributed by atoms with Gasteiger partial charge >= 0.3 is 0 Å². The molecule has 0 fully saturated rings. The molecule has 1 aromatic rings. The maximum atomic E-state index is 5.28. The van der Waals surface area contributed by atoms with Gasteiger partial charge in [0, 0.05) is 17.4 Å². The molecule has 26 heavy (non-hydrogen) atoms. The van der Waals surface area contributed by atoms with Crippen molar-refractivity contribution in [2.24, 2.45) is 0 Å². The molecule has 1 atom stereocenters. The van der Waals surface area contributed by atoms with E-state index in [1.54, 1.807) is 14.2 Å². The predicted molar refractivity (Wildman–Crippen MR) is 113 cm³/mol. The molecule has 3 nitrogen and oxygen atoms in total. The van der Waals surface area contributed by atoms with Crippen molar-refractivity contribution in [1.29, 1.82) is 0 Å². The van der Waals surface area contributed by atoms with Crippen molar-refractivity contribution in [3.8, 4) is 5.75 Å². The summed E-state index contributed by atoms with van der Waals surface area (Å²) in [5.74, 6) is 1.67. The molecule has 3 heteroatoms. The molecule has 0 aromatic heterocycles. The molecule has 0 N–H and O–H groups in total. The molecule has 0 radical (unpaired) electrons. The Balaban J connectivity index is 3.34. The van der Waals surface area contributed by atoms with E-state index in [4.69, 9.17) is 9.47 Å². The Morgan fingerprint density at radius 2 is 1.77 bits per heavy atom. The van der Waals surface area contributed by atoms with E-state index in [2.05, 4.69) is 55.7 Å². The van der Waals surface area contributed by atoms with Crippen molar-refractivity contribution in [2.75, 3.05) is 19.1 Å². The van der Waals surface area contributed by atoms with Gasteiger partial charge in [0.25, 0.3) is 0 Å². The van der Waals surface area contributed by atoms with Crippen LogP contribution in [0.1, 0.15) is 27.7 Å². The van der Waals surface area contributed by atoms with Crippen LogP contribution in [0.2, 0.25) is 0 Å². The van der Waals surface area contributed by atoms with Gasteiger partial charge in [-0.15, -0.1) is 0 Å². The molecule has 140 valence electrons. The lowest BCUT2D eigenvalue weighted by molar-refractivity contribution is 0.294. The molecule has 0 bridgehead atoms. The number of benzene rings is 1. The maximum absolute atomic E-state index is 5.28. The summed E-state index contributed by atoms with van der Waals surface area (Å²) in [7, 11) is 3.34. The smallest absolute Gasteiger partial charge is 0.119 e. The third-order valence-electron chi connectivity index (χ3n) is 4.15. The first-order valence-corrected chi connectivity index (χ1v) is 8.76. The normalized spacial score (nSPS) is 14.3. The zero-order valence-electron chi connectivity index (χ0n) is 16.8. The summed E-state index contributed by atoms with van der Waals surface area (Å²) in [5, 5.41) is 0. The lowest BCUT2D eigenvalue weighted by Crippen LogP contribution is -2.30. The van der Waals surface area contributed by atoms with E-state index in [9.17, 15) is 0 Å². The number of ether oxygens (including phenoxy) is 2. The summed E-state index contributed by atoms with van der Waals surface area (Å²) < 4.78 is 10.5. The molecule has 0 saturated heterocycles. The first-order valence-electron chi connectivity index (χ1n) is 8.76. The van der Waals surface area contributed by atoms with Gasteiger partial charge in [-0.3, -0.25) is 0 Å². The van der Waals surface area contributed by atoms with E-state index < -0.39 is 0 Å². The second kappa shape index (κ2) is 11.0. The lowest BCUT2D eigenvalue weighted by Gasteiger charge is -2.30. The monoisotopic (exact) mass is 353 g/mol. The summed E-state index contributed by atoms with van der Waals surface area (Å²) >= 11 is 0. The van der Waals surface area contributed by atoms with E-state index in [-0.39, 0.29) is 6.04 Å². The van der Waals surface area contributed by atoms with Crippen LogP contribution in [0.3, 0.4) is 0 Å². The average Bonchev–Trinajstić information content (AvgIpc) is 2.68. The minimum Gasteiger partial charge on any atom is -0.501 e. The van der Waals surface area contributed by atoms with Gasteiger partial charge in [0.05, 0.1) is 20.0 Å². The Hall–Kier alpha value is -2.68. The molecule has 0 amide bonds. The lowest BCUT2D eigenvalue weighted by atomic mass is 10.1. The number of hydrogen-bond donors (Lipinski definition) is 0. The number of anilines is 1. The van der Waals surface area contributed by atoms with Gasteiger partial charge in [-0.1, -0.05) is 30.4 Å². The fourth-order valence-electron chi connectivity index (χ4n) is 2.35. The van der Waals surface area contributed by atoms with Crippen molar-refractivity contribution < 1.29 is 9.47 Å². The van der Waals surface area contributed by atoms with Crippen LogP contribution in [0.4, 0.5) is 5.69 Å². The fourth-order valence-corrected chi connectivity index (χ4v) is 2.35. The molecule has 1 aromatic carbocycles. The van der Waals surface area contributed by atoms with Crippen LogP contribution < -0.4 is 9.64 Å². The van der Waals surface area contributed by atoms with Gasteiger partial charge in [0.2, 0.25) is 0 Å². The van der Waals surface area contributed by atoms with E-state index in [1.165, 1.54) is 5.57 Å². The molecular weight excluding hydrogens is 322 g/mol. The van der Waals surface area contributed by atoms with Crippen LogP contribution in [0, 0.1) is 0 Å². The minimum absolute atomic E-state index is 0.138. The Kier molecular flexibility index (Phi) is 9.07. The molecular formula is C23H31NO2. The molecule has 1 rings (SSSR count). The van der Waals surface area contributed by atoms with Crippen molar-refractivity contribution in [3.63, 3.8) is 0 Å². The van der Waals surface area contributed by atoms with Crippen molar-refractivity contribution in [1.82, 2.24) is 0 Å². The minimum atomic E-state index is 0.138. The van der Waals surface area contributed by atoms with Gasteiger partial charge in [-0.05, 0) is 70.2 Å². The number of nitrogens with zero attached hydrogens (tertiary/aromatic N) is 1. The molecule has 0 aliphatic carbocycles. The van der Waals surface area contributed by atoms with Crippen LogP contribution in [0.25, 0.3) is 0 Å². The van der Waals surface area contributed by atoms with E-state index >= 15 is 0 Å². The van der Waals surface area contributed by atoms with Gasteiger partial charge < -0.3 is 14.4 Å². The predicted octanol–water partition coefficient (Wildman–Crippen LogP) is 6.03. The van der Waals surface area contributed by atoms with Crippen LogP contribution in [0.5, 0.6) is 5.75 Å². The van der Waals surface area contributed by atoms with Crippen molar-refractivity contribution >= 4 is 5.69 Å². The summed E-state index contributed by atoms with van der Waals surface area (Å²) in [5.41, 5.74) is 3.28. The number of hydrogen-bond acceptors (Lipinski definition) is 3. The summed E-state index contributed by atoms with van der Waals surface area (Å²) in [6.45, 7) is 12.2. The quantitative estimate of drug-likeness (QED) is 0.399. The van der Waals surface area contributed by atoms with Crippen LogP contribution in [-0.4, -0.2) is 20.3 Å². The topological polar surface area (TPSA) is 21.7 Å². The Bertz CT molecular complexity index is 693. The highest BCUT2D eigenvalue weighted by Crippen LogP contribution is 2.26. The Morgan fingerprint density at radius 1 is 1.12 bits per heavy atom. The highest BCUT2D eigenvalue weighted by atomic mass is 16.5. The zero-order chi connectivity index (χ0) is 19.5. The standard InChI is InChI=1S/C23H31NO2/c1-8-18(3)10-11-19(4)24(21(9-2)13-12-20(5)25-6)22-14-16-23(26-7)17-15-22/h8-17,19H,2H2,1,3-7H3/b11-10-,18-8-,20-12+,21-13+. The van der Waals surface area contributed by atoms with E-state index in [1.807, 2.05) is 44.2 Å². The van der Waals surface area contributed by atoms with Gasteiger partial charge in [-0.2, -0.15) is 0 Å². The largest absolute Gasteiger partial charge is 0.501 e. The Labute approximate surface area is 158 Å². The van der Waals surface area contributed by atoms with Gasteiger partial charge in [-0.25, -0.2) is 0 Å². The number of rotatable bonds is 9. The maximum Gasteiger partial charge on any atom is 0.119 e. The Morgan fingerprint density at radius 3 is 2.27 bits per heavy atom. The summed E-state index contributed by atoms with van der Waals surface area (Å²) in [4.78, 5) is 2.23. The van der Waals surface area contributed by atoms with Crippen molar-refractivity contribution in [3.05, 3.63) is 84.3 Å². The molecule has 0 aliphatic rings. The molecule has 0 spiro atoms. The molecule has 1 unspecified atom stereocenters. The third-order valence-corrected chi connectivity index (χ3v) is 4.15.